The predicted octanol–water partition coefficient (Wildman–Crippen LogP) is 2.86. The fourth-order valence-corrected chi connectivity index (χ4v) is 1.63. The number of anilines is 1. The van der Waals surface area contributed by atoms with Crippen LogP contribution in [0, 0.1) is 13.8 Å². The van der Waals surface area contributed by atoms with Crippen molar-refractivity contribution in [2.45, 2.75) is 20.5 Å². The highest BCUT2D eigenvalue weighted by Crippen LogP contribution is 2.21. The van der Waals surface area contributed by atoms with Crippen molar-refractivity contribution in [2.75, 3.05) is 5.73 Å². The molecule has 0 amide bonds. The van der Waals surface area contributed by atoms with Gasteiger partial charge in [0.1, 0.15) is 18.2 Å². The smallest absolute Gasteiger partial charge is 0.123 e. The van der Waals surface area contributed by atoms with Crippen molar-refractivity contribution in [1.29, 1.82) is 0 Å². The van der Waals surface area contributed by atoms with E-state index in [4.69, 9.17) is 10.5 Å². The molecule has 0 bridgehead atoms. The molecule has 88 valence electrons. The normalized spacial score (nSPS) is 10.2. The van der Waals surface area contributed by atoms with Gasteiger partial charge in [-0.1, -0.05) is 12.1 Å². The minimum Gasteiger partial charge on any atom is -0.489 e. The van der Waals surface area contributed by atoms with E-state index in [9.17, 15) is 0 Å². The maximum Gasteiger partial charge on any atom is 0.123 e. The maximum absolute atomic E-state index is 5.78. The number of pyridine rings is 1. The highest BCUT2D eigenvalue weighted by molar-refractivity contribution is 5.38. The van der Waals surface area contributed by atoms with Gasteiger partial charge in [0.25, 0.3) is 0 Å². The zero-order valence-corrected chi connectivity index (χ0v) is 10.1. The average Bonchev–Trinajstić information content (AvgIpc) is 2.31. The highest BCUT2D eigenvalue weighted by atomic mass is 16.5. The summed E-state index contributed by atoms with van der Waals surface area (Å²) in [5, 5.41) is 0. The molecule has 0 aliphatic rings. The summed E-state index contributed by atoms with van der Waals surface area (Å²) in [7, 11) is 0. The molecular weight excluding hydrogens is 212 g/mol. The first kappa shape index (κ1) is 11.5. The summed E-state index contributed by atoms with van der Waals surface area (Å²) in [6, 6.07) is 9.78. The van der Waals surface area contributed by atoms with Crippen molar-refractivity contribution >= 4 is 5.82 Å². The van der Waals surface area contributed by atoms with Gasteiger partial charge < -0.3 is 10.5 Å². The lowest BCUT2D eigenvalue weighted by atomic mass is 10.1. The molecule has 1 aromatic carbocycles. The van der Waals surface area contributed by atoms with E-state index >= 15 is 0 Å². The lowest BCUT2D eigenvalue weighted by Crippen LogP contribution is -1.99. The second-order valence-corrected chi connectivity index (χ2v) is 4.08. The lowest BCUT2D eigenvalue weighted by molar-refractivity contribution is 0.304. The molecule has 0 saturated carbocycles. The van der Waals surface area contributed by atoms with Crippen LogP contribution in [-0.4, -0.2) is 4.98 Å². The number of nitrogens with two attached hydrogens (primary N) is 1. The minimum atomic E-state index is 0.511. The Kier molecular flexibility index (Phi) is 3.28. The molecule has 0 saturated heterocycles. The van der Waals surface area contributed by atoms with Gasteiger partial charge in [-0.15, -0.1) is 0 Å². The fraction of sp³-hybridized carbons (Fsp3) is 0.214. The Morgan fingerprint density at radius 2 is 2.06 bits per heavy atom. The summed E-state index contributed by atoms with van der Waals surface area (Å²) in [5.41, 5.74) is 9.05. The van der Waals surface area contributed by atoms with Crippen LogP contribution in [0.4, 0.5) is 5.82 Å². The Balaban J connectivity index is 2.10. The van der Waals surface area contributed by atoms with Gasteiger partial charge in [-0.25, -0.2) is 4.98 Å². The average molecular weight is 228 g/mol. The number of aryl methyl sites for hydroxylation is 1. The second kappa shape index (κ2) is 4.87. The number of hydrogen-bond acceptors (Lipinski definition) is 3. The van der Waals surface area contributed by atoms with Crippen LogP contribution in [0.5, 0.6) is 5.75 Å². The van der Waals surface area contributed by atoms with E-state index in [2.05, 4.69) is 24.9 Å². The molecule has 1 aromatic heterocycles. The van der Waals surface area contributed by atoms with E-state index in [0.717, 1.165) is 11.3 Å². The molecule has 3 nitrogen and oxygen atoms in total. The van der Waals surface area contributed by atoms with Crippen molar-refractivity contribution in [3.63, 3.8) is 0 Å². The first-order valence-electron chi connectivity index (χ1n) is 5.56. The standard InChI is InChI=1S/C14H16N2O/c1-10-4-3-5-13(11(10)2)17-9-12-6-7-16-14(15)8-12/h3-8H,9H2,1-2H3,(H2,15,16). The third-order valence-corrected chi connectivity index (χ3v) is 2.79. The van der Waals surface area contributed by atoms with E-state index in [1.165, 1.54) is 11.1 Å². The van der Waals surface area contributed by atoms with Gasteiger partial charge in [0.05, 0.1) is 0 Å². The zero-order valence-electron chi connectivity index (χ0n) is 10.1. The van der Waals surface area contributed by atoms with Crippen LogP contribution in [0.1, 0.15) is 16.7 Å². The Morgan fingerprint density at radius 1 is 1.24 bits per heavy atom. The highest BCUT2D eigenvalue weighted by Gasteiger charge is 2.02. The first-order valence-corrected chi connectivity index (χ1v) is 5.56. The summed E-state index contributed by atoms with van der Waals surface area (Å²) < 4.78 is 5.78. The van der Waals surface area contributed by atoms with Crippen molar-refractivity contribution in [1.82, 2.24) is 4.98 Å². The van der Waals surface area contributed by atoms with Crippen molar-refractivity contribution in [2.24, 2.45) is 0 Å². The van der Waals surface area contributed by atoms with Crippen LogP contribution in [0.3, 0.4) is 0 Å². The van der Waals surface area contributed by atoms with Gasteiger partial charge in [-0.3, -0.25) is 0 Å². The van der Waals surface area contributed by atoms with Crippen molar-refractivity contribution in [3.8, 4) is 5.75 Å². The number of nitrogens with zero attached hydrogens (tertiary/aromatic N) is 1. The summed E-state index contributed by atoms with van der Waals surface area (Å²) in [4.78, 5) is 3.95. The third-order valence-electron chi connectivity index (χ3n) is 2.79. The van der Waals surface area contributed by atoms with Crippen LogP contribution >= 0.6 is 0 Å². The van der Waals surface area contributed by atoms with Gasteiger partial charge in [-0.2, -0.15) is 0 Å². The largest absolute Gasteiger partial charge is 0.489 e. The molecule has 0 aliphatic carbocycles. The number of benzene rings is 1. The molecule has 0 atom stereocenters. The summed E-state index contributed by atoms with van der Waals surface area (Å²) >= 11 is 0. The molecule has 17 heavy (non-hydrogen) atoms. The predicted molar refractivity (Wildman–Crippen MR) is 68.9 cm³/mol. The molecule has 1 heterocycles. The number of rotatable bonds is 3. The first-order chi connectivity index (χ1) is 8.16. The molecule has 0 fully saturated rings. The van der Waals surface area contributed by atoms with Gasteiger partial charge in [0.15, 0.2) is 0 Å². The van der Waals surface area contributed by atoms with Crippen molar-refractivity contribution < 1.29 is 4.74 Å². The fourth-order valence-electron chi connectivity index (χ4n) is 1.63. The summed E-state index contributed by atoms with van der Waals surface area (Å²) in [5.74, 6) is 1.44. The second-order valence-electron chi connectivity index (χ2n) is 4.08. The van der Waals surface area contributed by atoms with E-state index in [0.29, 0.717) is 12.4 Å². The van der Waals surface area contributed by atoms with Gasteiger partial charge in [0.2, 0.25) is 0 Å². The van der Waals surface area contributed by atoms with Crippen LogP contribution in [-0.2, 0) is 6.61 Å². The quantitative estimate of drug-likeness (QED) is 0.878. The Morgan fingerprint density at radius 3 is 2.82 bits per heavy atom. The minimum absolute atomic E-state index is 0.511. The van der Waals surface area contributed by atoms with E-state index in [1.807, 2.05) is 24.3 Å². The van der Waals surface area contributed by atoms with E-state index < -0.39 is 0 Å². The molecule has 2 aromatic rings. The van der Waals surface area contributed by atoms with Gasteiger partial charge in [0, 0.05) is 6.20 Å². The lowest BCUT2D eigenvalue weighted by Gasteiger charge is -2.10. The molecular formula is C14H16N2O. The topological polar surface area (TPSA) is 48.1 Å². The van der Waals surface area contributed by atoms with Crippen LogP contribution in [0.2, 0.25) is 0 Å². The number of ether oxygens (including phenoxy) is 1. The Labute approximate surface area is 101 Å². The number of aromatic nitrogens is 1. The SMILES string of the molecule is Cc1cccc(OCc2ccnc(N)c2)c1C. The zero-order chi connectivity index (χ0) is 12.3. The summed E-state index contributed by atoms with van der Waals surface area (Å²) in [6.07, 6.45) is 1.69. The van der Waals surface area contributed by atoms with E-state index in [1.54, 1.807) is 6.20 Å². The van der Waals surface area contributed by atoms with Crippen LogP contribution < -0.4 is 10.5 Å². The van der Waals surface area contributed by atoms with Crippen LogP contribution in [0.15, 0.2) is 36.5 Å². The monoisotopic (exact) mass is 228 g/mol. The van der Waals surface area contributed by atoms with Gasteiger partial charge in [-0.05, 0) is 48.7 Å². The molecule has 2 rings (SSSR count). The van der Waals surface area contributed by atoms with Gasteiger partial charge >= 0.3 is 0 Å². The summed E-state index contributed by atoms with van der Waals surface area (Å²) in [6.45, 7) is 4.65. The van der Waals surface area contributed by atoms with Crippen molar-refractivity contribution in [3.05, 3.63) is 53.2 Å². The third kappa shape index (κ3) is 2.75. The molecule has 0 aliphatic heterocycles. The molecule has 0 spiro atoms. The number of hydrogen-bond donors (Lipinski definition) is 1. The maximum atomic E-state index is 5.78. The number of nitrogen functional groups attached to an aromatic ring is 1. The molecule has 0 unspecified atom stereocenters. The molecule has 2 N–H and O–H groups in total. The molecule has 0 radical (unpaired) electrons. The van der Waals surface area contributed by atoms with Crippen LogP contribution in [0.25, 0.3) is 0 Å². The Bertz CT molecular complexity index is 523. The Hall–Kier alpha value is -2.03. The molecule has 3 heteroatoms. The van der Waals surface area contributed by atoms with E-state index in [-0.39, 0.29) is 0 Å².